The fourth-order valence-corrected chi connectivity index (χ4v) is 6.24. The van der Waals surface area contributed by atoms with E-state index in [1.54, 1.807) is 6.07 Å². The second kappa shape index (κ2) is 11.5. The third-order valence-corrected chi connectivity index (χ3v) is 8.35. The van der Waals surface area contributed by atoms with Crippen LogP contribution in [0.25, 0.3) is 10.8 Å². The predicted molar refractivity (Wildman–Crippen MR) is 134 cm³/mol. The molecule has 0 aromatic heterocycles. The van der Waals surface area contributed by atoms with Crippen molar-refractivity contribution in [2.24, 2.45) is 23.7 Å². The van der Waals surface area contributed by atoms with E-state index in [0.29, 0.717) is 10.8 Å². The molecular formula is C30H40F2O. The molecule has 2 saturated carbocycles. The van der Waals surface area contributed by atoms with Gasteiger partial charge in [0.25, 0.3) is 0 Å². The molecule has 0 atom stereocenters. The molecule has 0 amide bonds. The molecule has 3 heteroatoms. The molecule has 0 unspecified atom stereocenters. The number of unbranched alkanes of at least 4 members (excludes halogenated alkanes) is 1. The van der Waals surface area contributed by atoms with Gasteiger partial charge < -0.3 is 4.74 Å². The van der Waals surface area contributed by atoms with Crippen LogP contribution in [-0.4, -0.2) is 7.11 Å². The Labute approximate surface area is 198 Å². The lowest BCUT2D eigenvalue weighted by molar-refractivity contribution is 0.152. The predicted octanol–water partition coefficient (Wildman–Crippen LogP) is 9.03. The molecule has 0 N–H and O–H groups in total. The summed E-state index contributed by atoms with van der Waals surface area (Å²) in [6.45, 7) is 2.25. The molecule has 180 valence electrons. The highest BCUT2D eigenvalue weighted by atomic mass is 19.2. The van der Waals surface area contributed by atoms with Crippen LogP contribution in [0.2, 0.25) is 0 Å². The lowest BCUT2D eigenvalue weighted by atomic mass is 9.68. The molecule has 2 aliphatic rings. The number of rotatable bonds is 8. The minimum absolute atomic E-state index is 0.0362. The van der Waals surface area contributed by atoms with Crippen molar-refractivity contribution >= 4 is 10.8 Å². The first-order valence-corrected chi connectivity index (χ1v) is 13.2. The number of allylic oxidation sites excluding steroid dienone is 2. The first-order chi connectivity index (χ1) is 16.1. The van der Waals surface area contributed by atoms with Crippen molar-refractivity contribution in [3.63, 3.8) is 0 Å². The van der Waals surface area contributed by atoms with Crippen LogP contribution in [0.1, 0.15) is 83.1 Å². The molecule has 0 bridgehead atoms. The Bertz CT molecular complexity index is 934. The van der Waals surface area contributed by atoms with E-state index in [2.05, 4.69) is 25.1 Å². The van der Waals surface area contributed by atoms with Crippen LogP contribution in [0.5, 0.6) is 5.75 Å². The van der Waals surface area contributed by atoms with Gasteiger partial charge in [0.15, 0.2) is 11.6 Å². The number of hydrogen-bond acceptors (Lipinski definition) is 1. The summed E-state index contributed by atoms with van der Waals surface area (Å²) in [5.41, 5.74) is 1.10. The van der Waals surface area contributed by atoms with Crippen LogP contribution in [0.3, 0.4) is 0 Å². The highest BCUT2D eigenvalue weighted by Crippen LogP contribution is 2.42. The maximum Gasteiger partial charge on any atom is 0.201 e. The average Bonchev–Trinajstić information content (AvgIpc) is 2.86. The summed E-state index contributed by atoms with van der Waals surface area (Å²) in [7, 11) is 1.36. The van der Waals surface area contributed by atoms with E-state index in [4.69, 9.17) is 4.74 Å². The monoisotopic (exact) mass is 454 g/mol. The second-order valence-electron chi connectivity index (χ2n) is 10.5. The quantitative estimate of drug-likeness (QED) is 0.362. The van der Waals surface area contributed by atoms with Gasteiger partial charge in [0.2, 0.25) is 5.82 Å². The molecule has 2 aromatic rings. The van der Waals surface area contributed by atoms with Crippen molar-refractivity contribution in [1.82, 2.24) is 0 Å². The van der Waals surface area contributed by atoms with Crippen molar-refractivity contribution < 1.29 is 13.5 Å². The summed E-state index contributed by atoms with van der Waals surface area (Å²) in [5.74, 6) is 1.72. The largest absolute Gasteiger partial charge is 0.494 e. The molecule has 2 aliphatic carbocycles. The maximum atomic E-state index is 14.5. The van der Waals surface area contributed by atoms with Gasteiger partial charge in [-0.3, -0.25) is 0 Å². The van der Waals surface area contributed by atoms with Gasteiger partial charge in [-0.1, -0.05) is 50.5 Å². The topological polar surface area (TPSA) is 9.23 Å². The van der Waals surface area contributed by atoms with E-state index in [-0.39, 0.29) is 5.75 Å². The van der Waals surface area contributed by atoms with E-state index >= 15 is 0 Å². The van der Waals surface area contributed by atoms with Crippen LogP contribution in [-0.2, 0) is 6.42 Å². The van der Waals surface area contributed by atoms with Crippen molar-refractivity contribution in [3.8, 4) is 5.75 Å². The Morgan fingerprint density at radius 3 is 2.27 bits per heavy atom. The van der Waals surface area contributed by atoms with E-state index in [9.17, 15) is 8.78 Å². The maximum absolute atomic E-state index is 14.5. The van der Waals surface area contributed by atoms with E-state index < -0.39 is 11.6 Å². The molecule has 1 nitrogen and oxygen atoms in total. The number of methoxy groups -OCH3 is 1. The van der Waals surface area contributed by atoms with Crippen LogP contribution < -0.4 is 4.74 Å². The van der Waals surface area contributed by atoms with E-state index in [1.807, 2.05) is 12.1 Å². The molecule has 0 spiro atoms. The number of benzene rings is 2. The Kier molecular flexibility index (Phi) is 8.44. The van der Waals surface area contributed by atoms with Gasteiger partial charge in [-0.15, -0.1) is 0 Å². The minimum atomic E-state index is -0.897. The lowest BCUT2D eigenvalue weighted by Crippen LogP contribution is -2.25. The summed E-state index contributed by atoms with van der Waals surface area (Å²) in [6, 6.07) is 7.35. The van der Waals surface area contributed by atoms with Crippen molar-refractivity contribution in [1.29, 1.82) is 0 Å². The third-order valence-electron chi connectivity index (χ3n) is 8.35. The first-order valence-electron chi connectivity index (χ1n) is 13.2. The molecule has 0 aliphatic heterocycles. The lowest BCUT2D eigenvalue weighted by Gasteiger charge is -2.37. The fraction of sp³-hybridized carbons (Fsp3) is 0.600. The zero-order valence-electron chi connectivity index (χ0n) is 20.4. The zero-order chi connectivity index (χ0) is 23.2. The SMILES string of the molecule is CCC/C=C/C1CCC(C2CCC(CCc3ccc4cc(OC)c(F)c(F)c4c3)CC2)CC1. The molecule has 0 radical (unpaired) electrons. The highest BCUT2D eigenvalue weighted by Gasteiger charge is 2.30. The molecule has 2 fully saturated rings. The van der Waals surface area contributed by atoms with Gasteiger partial charge in [0.1, 0.15) is 0 Å². The van der Waals surface area contributed by atoms with Gasteiger partial charge in [-0.25, -0.2) is 4.39 Å². The van der Waals surface area contributed by atoms with Crippen LogP contribution in [0, 0.1) is 35.3 Å². The minimum Gasteiger partial charge on any atom is -0.494 e. The second-order valence-corrected chi connectivity index (χ2v) is 10.5. The van der Waals surface area contributed by atoms with Gasteiger partial charge in [0, 0.05) is 5.39 Å². The first kappa shape index (κ1) is 24.2. The standard InChI is InChI=1S/C30H40F2O/c1-3-4-5-6-21-9-14-24(15-10-21)25-16-11-22(12-17-25)7-8-23-13-18-26-20-28(33-2)30(32)29(31)27(26)19-23/h5-6,13,18-22,24-25H,3-4,7-12,14-17H2,1-2H3/b6-5+. The summed E-state index contributed by atoms with van der Waals surface area (Å²) in [6.07, 6.45) is 20.5. The molecule has 0 heterocycles. The zero-order valence-corrected chi connectivity index (χ0v) is 20.4. The summed E-state index contributed by atoms with van der Waals surface area (Å²) in [4.78, 5) is 0. The number of ether oxygens (including phenoxy) is 1. The highest BCUT2D eigenvalue weighted by molar-refractivity contribution is 5.85. The van der Waals surface area contributed by atoms with E-state index in [0.717, 1.165) is 42.1 Å². The number of fused-ring (bicyclic) bond motifs is 1. The van der Waals surface area contributed by atoms with Gasteiger partial charge in [-0.2, -0.15) is 4.39 Å². The Hall–Kier alpha value is -1.90. The van der Waals surface area contributed by atoms with Crippen molar-refractivity contribution in [2.75, 3.05) is 7.11 Å². The normalized spacial score (nSPS) is 26.2. The Morgan fingerprint density at radius 2 is 1.61 bits per heavy atom. The average molecular weight is 455 g/mol. The van der Waals surface area contributed by atoms with Crippen LogP contribution in [0.15, 0.2) is 36.4 Å². The Morgan fingerprint density at radius 1 is 0.909 bits per heavy atom. The summed E-state index contributed by atoms with van der Waals surface area (Å²) < 4.78 is 33.6. The van der Waals surface area contributed by atoms with Gasteiger partial charge in [0.05, 0.1) is 7.11 Å². The van der Waals surface area contributed by atoms with Crippen molar-refractivity contribution in [3.05, 3.63) is 53.6 Å². The molecular weight excluding hydrogens is 414 g/mol. The molecule has 2 aromatic carbocycles. The van der Waals surface area contributed by atoms with E-state index in [1.165, 1.54) is 71.3 Å². The molecule has 4 rings (SSSR count). The summed E-state index contributed by atoms with van der Waals surface area (Å²) >= 11 is 0. The Balaban J connectivity index is 1.25. The van der Waals surface area contributed by atoms with Crippen molar-refractivity contribution in [2.45, 2.75) is 84.0 Å². The molecule has 33 heavy (non-hydrogen) atoms. The van der Waals surface area contributed by atoms with Crippen LogP contribution in [0.4, 0.5) is 8.78 Å². The fourth-order valence-electron chi connectivity index (χ4n) is 6.24. The van der Waals surface area contributed by atoms with Crippen LogP contribution >= 0.6 is 0 Å². The van der Waals surface area contributed by atoms with Gasteiger partial charge >= 0.3 is 0 Å². The number of hydrogen-bond donors (Lipinski definition) is 0. The van der Waals surface area contributed by atoms with Gasteiger partial charge in [-0.05, 0) is 105 Å². The number of aryl methyl sites for hydroxylation is 1. The number of halogens is 2. The summed E-state index contributed by atoms with van der Waals surface area (Å²) in [5, 5.41) is 1.04. The third kappa shape index (κ3) is 5.97. The smallest absolute Gasteiger partial charge is 0.201 e. The molecule has 0 saturated heterocycles.